The molecule has 0 amide bonds. The van der Waals surface area contributed by atoms with E-state index in [1.165, 1.54) is 5.56 Å². The molecule has 0 saturated heterocycles. The number of hydrogen-bond acceptors (Lipinski definition) is 2. The van der Waals surface area contributed by atoms with Gasteiger partial charge in [0.05, 0.1) is 0 Å². The van der Waals surface area contributed by atoms with Gasteiger partial charge < -0.3 is 10.1 Å². The molecule has 2 unspecified atom stereocenters. The minimum absolute atomic E-state index is 0.529. The molecule has 0 radical (unpaired) electrons. The molecule has 0 bridgehead atoms. The fourth-order valence-electron chi connectivity index (χ4n) is 2.03. The fourth-order valence-corrected chi connectivity index (χ4v) is 2.03. The van der Waals surface area contributed by atoms with Gasteiger partial charge in [-0.1, -0.05) is 44.2 Å². The molecule has 0 heterocycles. The van der Waals surface area contributed by atoms with Crippen LogP contribution >= 0.6 is 0 Å². The van der Waals surface area contributed by atoms with Crippen molar-refractivity contribution in [1.82, 2.24) is 5.32 Å². The van der Waals surface area contributed by atoms with E-state index < -0.39 is 0 Å². The minimum Gasteiger partial charge on any atom is -0.384 e. The van der Waals surface area contributed by atoms with Crippen molar-refractivity contribution in [2.75, 3.05) is 26.8 Å². The van der Waals surface area contributed by atoms with Crippen molar-refractivity contribution in [2.24, 2.45) is 5.92 Å². The van der Waals surface area contributed by atoms with Crippen LogP contribution in [-0.2, 0) is 4.74 Å². The fraction of sp³-hybridized carbons (Fsp3) is 0.571. The lowest BCUT2D eigenvalue weighted by Crippen LogP contribution is -2.27. The Balaban J connectivity index is 2.70. The highest BCUT2D eigenvalue weighted by Gasteiger charge is 2.18. The Kier molecular flexibility index (Phi) is 6.12. The van der Waals surface area contributed by atoms with Crippen LogP contribution in [0.4, 0.5) is 0 Å². The maximum Gasteiger partial charge on any atom is 0.0494 e. The Morgan fingerprint density at radius 1 is 1.25 bits per heavy atom. The third kappa shape index (κ3) is 3.95. The molecule has 0 saturated carbocycles. The van der Waals surface area contributed by atoms with Crippen LogP contribution in [0.5, 0.6) is 0 Å². The van der Waals surface area contributed by atoms with E-state index in [2.05, 4.69) is 49.5 Å². The standard InChI is InChI=1S/C14H23NO/c1-4-15-10-14(12(2)11-16-3)13-8-6-5-7-9-13/h5-9,12,14-15H,4,10-11H2,1-3H3. The van der Waals surface area contributed by atoms with Crippen molar-refractivity contribution < 1.29 is 4.74 Å². The largest absolute Gasteiger partial charge is 0.384 e. The summed E-state index contributed by atoms with van der Waals surface area (Å²) in [6.07, 6.45) is 0. The first-order valence-corrected chi connectivity index (χ1v) is 6.04. The molecule has 0 aromatic heterocycles. The van der Waals surface area contributed by atoms with E-state index in [4.69, 9.17) is 4.74 Å². The van der Waals surface area contributed by atoms with Gasteiger partial charge in [-0.05, 0) is 18.0 Å². The summed E-state index contributed by atoms with van der Waals surface area (Å²) in [6, 6.07) is 10.7. The molecule has 16 heavy (non-hydrogen) atoms. The van der Waals surface area contributed by atoms with Gasteiger partial charge in [0.2, 0.25) is 0 Å². The number of benzene rings is 1. The van der Waals surface area contributed by atoms with Crippen molar-refractivity contribution >= 4 is 0 Å². The van der Waals surface area contributed by atoms with Crippen molar-refractivity contribution in [3.8, 4) is 0 Å². The molecule has 2 heteroatoms. The van der Waals surface area contributed by atoms with Crippen LogP contribution in [0.25, 0.3) is 0 Å². The smallest absolute Gasteiger partial charge is 0.0494 e. The number of likely N-dealkylation sites (N-methyl/N-ethyl adjacent to an activating group) is 1. The van der Waals surface area contributed by atoms with Crippen LogP contribution < -0.4 is 5.32 Å². The first kappa shape index (κ1) is 13.2. The summed E-state index contributed by atoms with van der Waals surface area (Å²) in [4.78, 5) is 0. The second-order valence-electron chi connectivity index (χ2n) is 4.26. The Labute approximate surface area is 99.0 Å². The normalized spacial score (nSPS) is 14.7. The van der Waals surface area contributed by atoms with E-state index >= 15 is 0 Å². The van der Waals surface area contributed by atoms with E-state index in [9.17, 15) is 0 Å². The molecule has 1 rings (SSSR count). The van der Waals surface area contributed by atoms with Crippen molar-refractivity contribution in [3.63, 3.8) is 0 Å². The van der Waals surface area contributed by atoms with Gasteiger partial charge in [0.25, 0.3) is 0 Å². The van der Waals surface area contributed by atoms with Crippen LogP contribution in [0.15, 0.2) is 30.3 Å². The van der Waals surface area contributed by atoms with Crippen molar-refractivity contribution in [3.05, 3.63) is 35.9 Å². The second-order valence-corrected chi connectivity index (χ2v) is 4.26. The number of rotatable bonds is 7. The molecule has 0 aliphatic rings. The zero-order valence-electron chi connectivity index (χ0n) is 10.6. The molecule has 0 aliphatic heterocycles. The maximum atomic E-state index is 5.26. The van der Waals surface area contributed by atoms with E-state index in [1.807, 2.05) is 0 Å². The topological polar surface area (TPSA) is 21.3 Å². The first-order valence-electron chi connectivity index (χ1n) is 6.04. The lowest BCUT2D eigenvalue weighted by atomic mass is 9.87. The average Bonchev–Trinajstić information content (AvgIpc) is 2.31. The van der Waals surface area contributed by atoms with Gasteiger partial charge in [0.1, 0.15) is 0 Å². The highest BCUT2D eigenvalue weighted by atomic mass is 16.5. The quantitative estimate of drug-likeness (QED) is 0.764. The highest BCUT2D eigenvalue weighted by molar-refractivity contribution is 5.20. The minimum atomic E-state index is 0.529. The average molecular weight is 221 g/mol. The monoisotopic (exact) mass is 221 g/mol. The summed E-state index contributed by atoms with van der Waals surface area (Å²) in [7, 11) is 1.77. The number of nitrogens with one attached hydrogen (secondary N) is 1. The maximum absolute atomic E-state index is 5.26. The van der Waals surface area contributed by atoms with Gasteiger partial charge in [-0.25, -0.2) is 0 Å². The van der Waals surface area contributed by atoms with Gasteiger partial charge in [0.15, 0.2) is 0 Å². The zero-order chi connectivity index (χ0) is 11.8. The van der Waals surface area contributed by atoms with E-state index in [0.29, 0.717) is 11.8 Å². The molecule has 0 aliphatic carbocycles. The molecule has 1 aromatic carbocycles. The molecule has 1 N–H and O–H groups in total. The van der Waals surface area contributed by atoms with Crippen LogP contribution in [0.1, 0.15) is 25.3 Å². The van der Waals surface area contributed by atoms with Crippen LogP contribution in [0, 0.1) is 5.92 Å². The molecule has 90 valence electrons. The summed E-state index contributed by atoms with van der Waals surface area (Å²) in [5.74, 6) is 1.06. The predicted molar refractivity (Wildman–Crippen MR) is 68.8 cm³/mol. The summed E-state index contributed by atoms with van der Waals surface area (Å²) in [5, 5.41) is 3.43. The Bertz CT molecular complexity index is 273. The van der Waals surface area contributed by atoms with Crippen LogP contribution in [-0.4, -0.2) is 26.8 Å². The molecular formula is C14H23NO. The zero-order valence-corrected chi connectivity index (χ0v) is 10.6. The third-order valence-electron chi connectivity index (χ3n) is 2.96. The van der Waals surface area contributed by atoms with Gasteiger partial charge in [-0.3, -0.25) is 0 Å². The third-order valence-corrected chi connectivity index (χ3v) is 2.96. The number of ether oxygens (including phenoxy) is 1. The molecule has 1 aromatic rings. The Morgan fingerprint density at radius 2 is 1.94 bits per heavy atom. The van der Waals surface area contributed by atoms with E-state index in [-0.39, 0.29) is 0 Å². The summed E-state index contributed by atoms with van der Waals surface area (Å²) in [5.41, 5.74) is 1.40. The summed E-state index contributed by atoms with van der Waals surface area (Å²) < 4.78 is 5.26. The first-order chi connectivity index (χ1) is 7.79. The van der Waals surface area contributed by atoms with Crippen LogP contribution in [0.3, 0.4) is 0 Å². The van der Waals surface area contributed by atoms with Crippen molar-refractivity contribution in [2.45, 2.75) is 19.8 Å². The second kappa shape index (κ2) is 7.42. The summed E-state index contributed by atoms with van der Waals surface area (Å²) >= 11 is 0. The Hall–Kier alpha value is -0.860. The molecule has 2 atom stereocenters. The van der Waals surface area contributed by atoms with Crippen molar-refractivity contribution in [1.29, 1.82) is 0 Å². The highest BCUT2D eigenvalue weighted by Crippen LogP contribution is 2.23. The number of hydrogen-bond donors (Lipinski definition) is 1. The lowest BCUT2D eigenvalue weighted by Gasteiger charge is -2.24. The molecule has 0 fully saturated rings. The van der Waals surface area contributed by atoms with Gasteiger partial charge in [-0.15, -0.1) is 0 Å². The molecule has 0 spiro atoms. The van der Waals surface area contributed by atoms with Gasteiger partial charge in [-0.2, -0.15) is 0 Å². The van der Waals surface area contributed by atoms with E-state index in [0.717, 1.165) is 19.7 Å². The predicted octanol–water partition coefficient (Wildman–Crippen LogP) is 2.66. The van der Waals surface area contributed by atoms with Gasteiger partial charge in [0, 0.05) is 26.2 Å². The lowest BCUT2D eigenvalue weighted by molar-refractivity contribution is 0.146. The molecule has 2 nitrogen and oxygen atoms in total. The van der Waals surface area contributed by atoms with E-state index in [1.54, 1.807) is 7.11 Å². The Morgan fingerprint density at radius 3 is 2.50 bits per heavy atom. The molecular weight excluding hydrogens is 198 g/mol. The summed E-state index contributed by atoms with van der Waals surface area (Å²) in [6.45, 7) is 7.24. The number of methoxy groups -OCH3 is 1. The SMILES string of the molecule is CCNCC(c1ccccc1)C(C)COC. The van der Waals surface area contributed by atoms with Gasteiger partial charge >= 0.3 is 0 Å². The van der Waals surface area contributed by atoms with Crippen LogP contribution in [0.2, 0.25) is 0 Å².